The molecule has 231 valence electrons. The average Bonchev–Trinajstić information content (AvgIpc) is 3.04. The second-order valence-electron chi connectivity index (χ2n) is 10.5. The van der Waals surface area contributed by atoms with Crippen molar-refractivity contribution in [3.05, 3.63) is 84.4 Å². The van der Waals surface area contributed by atoms with E-state index >= 15 is 0 Å². The van der Waals surface area contributed by atoms with Crippen molar-refractivity contribution in [2.75, 3.05) is 33.2 Å². The minimum absolute atomic E-state index is 0.328. The fourth-order valence-corrected chi connectivity index (χ4v) is 4.83. The van der Waals surface area contributed by atoms with Crippen molar-refractivity contribution in [3.63, 3.8) is 0 Å². The van der Waals surface area contributed by atoms with E-state index in [0.29, 0.717) is 6.61 Å². The lowest BCUT2D eigenvalue weighted by Gasteiger charge is -2.09. The van der Waals surface area contributed by atoms with Gasteiger partial charge in [0.2, 0.25) is 9.04 Å². The molecule has 6 nitrogen and oxygen atoms in total. The first-order valence-electron chi connectivity index (χ1n) is 15.5. The van der Waals surface area contributed by atoms with Crippen molar-refractivity contribution in [2.24, 2.45) is 0 Å². The van der Waals surface area contributed by atoms with Gasteiger partial charge in [-0.15, -0.1) is 0 Å². The van der Waals surface area contributed by atoms with Crippen LogP contribution in [0.2, 0.25) is 6.55 Å². The zero-order valence-corrected chi connectivity index (χ0v) is 27.0. The van der Waals surface area contributed by atoms with Crippen molar-refractivity contribution in [3.8, 4) is 28.4 Å². The molecule has 43 heavy (non-hydrogen) atoms. The number of benzene rings is 3. The second-order valence-corrected chi connectivity index (χ2v) is 12.6. The molecule has 0 heterocycles. The lowest BCUT2D eigenvalue weighted by molar-refractivity contribution is -0.137. The SMILES string of the molecule is CCCCCCOc1ccc(-c2ccc(Oc3ccc(/C=C/C(=O)OCCCCCCOC[Si](C)OC)cc3)cc2)cc1. The van der Waals surface area contributed by atoms with Gasteiger partial charge in [0.1, 0.15) is 17.2 Å². The van der Waals surface area contributed by atoms with Gasteiger partial charge in [0.15, 0.2) is 0 Å². The third kappa shape index (κ3) is 14.1. The Bertz CT molecular complexity index is 1190. The molecule has 0 bridgehead atoms. The van der Waals surface area contributed by atoms with Crippen LogP contribution in [0.25, 0.3) is 17.2 Å². The maximum absolute atomic E-state index is 12.0. The van der Waals surface area contributed by atoms with Gasteiger partial charge in [0, 0.05) is 19.8 Å². The summed E-state index contributed by atoms with van der Waals surface area (Å²) in [5.41, 5.74) is 3.15. The standard InChI is InChI=1S/C36H47O6Si/c1-4-5-6-10-27-40-33-21-15-31(16-22-33)32-17-23-35(24-18-32)42-34-19-12-30(13-20-34)14-25-36(37)41-28-11-8-7-9-26-39-29-43(3)38-2/h12-25H,4-11,26-29H2,1-3H3/b25-14+. The number of carbonyl (C=O) groups is 1. The first kappa shape index (κ1) is 34.1. The van der Waals surface area contributed by atoms with E-state index in [9.17, 15) is 4.79 Å². The molecule has 0 aliphatic rings. The quantitative estimate of drug-likeness (QED) is 0.0524. The number of carbonyl (C=O) groups excluding carboxylic acids is 1. The van der Waals surface area contributed by atoms with Gasteiger partial charge in [-0.2, -0.15) is 0 Å². The van der Waals surface area contributed by atoms with E-state index in [-0.39, 0.29) is 5.97 Å². The van der Waals surface area contributed by atoms with Gasteiger partial charge in [-0.3, -0.25) is 0 Å². The minimum atomic E-state index is -0.789. The van der Waals surface area contributed by atoms with E-state index in [1.165, 1.54) is 25.3 Å². The number of hydrogen-bond donors (Lipinski definition) is 0. The second kappa shape index (κ2) is 20.5. The summed E-state index contributed by atoms with van der Waals surface area (Å²) in [5.74, 6) is 2.07. The van der Waals surface area contributed by atoms with Crippen LogP contribution in [-0.4, -0.2) is 48.2 Å². The number of unbranched alkanes of at least 4 members (excludes halogenated alkanes) is 6. The Morgan fingerprint density at radius 3 is 1.88 bits per heavy atom. The van der Waals surface area contributed by atoms with Crippen LogP contribution < -0.4 is 9.47 Å². The predicted molar refractivity (Wildman–Crippen MR) is 176 cm³/mol. The summed E-state index contributed by atoms with van der Waals surface area (Å²) >= 11 is 0. The van der Waals surface area contributed by atoms with Gasteiger partial charge in [-0.1, -0.05) is 69.0 Å². The fraction of sp³-hybridized carbons (Fsp3) is 0.417. The molecule has 0 spiro atoms. The molecule has 0 saturated carbocycles. The van der Waals surface area contributed by atoms with E-state index < -0.39 is 9.04 Å². The molecular formula is C36H47O6Si. The van der Waals surface area contributed by atoms with Gasteiger partial charge >= 0.3 is 5.97 Å². The first-order chi connectivity index (χ1) is 21.1. The highest BCUT2D eigenvalue weighted by Gasteiger charge is 2.04. The zero-order valence-electron chi connectivity index (χ0n) is 26.0. The summed E-state index contributed by atoms with van der Waals surface area (Å²) in [6.45, 7) is 6.26. The number of rotatable bonds is 21. The molecular weight excluding hydrogens is 556 g/mol. The molecule has 0 N–H and O–H groups in total. The summed E-state index contributed by atoms with van der Waals surface area (Å²) in [6.07, 6.45) is 12.7. The monoisotopic (exact) mass is 603 g/mol. The molecule has 0 saturated heterocycles. The molecule has 0 unspecified atom stereocenters. The Morgan fingerprint density at radius 2 is 1.26 bits per heavy atom. The van der Waals surface area contributed by atoms with E-state index in [4.69, 9.17) is 23.4 Å². The molecule has 0 fully saturated rings. The van der Waals surface area contributed by atoms with Gasteiger partial charge in [0.05, 0.1) is 19.4 Å². The first-order valence-corrected chi connectivity index (χ1v) is 17.6. The van der Waals surface area contributed by atoms with Crippen molar-refractivity contribution < 1.29 is 28.2 Å². The molecule has 0 atom stereocenters. The van der Waals surface area contributed by atoms with Crippen molar-refractivity contribution in [2.45, 2.75) is 64.8 Å². The third-order valence-electron chi connectivity index (χ3n) is 6.92. The topological polar surface area (TPSA) is 63.2 Å². The summed E-state index contributed by atoms with van der Waals surface area (Å²) in [6, 6.07) is 23.9. The number of ether oxygens (including phenoxy) is 4. The molecule has 0 aliphatic carbocycles. The van der Waals surface area contributed by atoms with E-state index in [2.05, 4.69) is 37.7 Å². The highest BCUT2D eigenvalue weighted by atomic mass is 28.3. The highest BCUT2D eigenvalue weighted by molar-refractivity contribution is 6.49. The fourth-order valence-electron chi connectivity index (χ4n) is 4.28. The molecule has 3 aromatic carbocycles. The van der Waals surface area contributed by atoms with Gasteiger partial charge in [-0.25, -0.2) is 4.79 Å². The van der Waals surface area contributed by atoms with Crippen LogP contribution in [0, 0.1) is 0 Å². The Labute approximate surface area is 259 Å². The van der Waals surface area contributed by atoms with Crippen LogP contribution in [0.15, 0.2) is 78.9 Å². The Hall–Kier alpha value is -3.39. The van der Waals surface area contributed by atoms with E-state index in [1.807, 2.05) is 48.5 Å². The highest BCUT2D eigenvalue weighted by Crippen LogP contribution is 2.27. The third-order valence-corrected chi connectivity index (χ3v) is 8.22. The van der Waals surface area contributed by atoms with E-state index in [1.54, 1.807) is 13.2 Å². The lowest BCUT2D eigenvalue weighted by atomic mass is 10.1. The Morgan fingerprint density at radius 1 is 0.698 bits per heavy atom. The summed E-state index contributed by atoms with van der Waals surface area (Å²) in [7, 11) is 0.941. The Kier molecular flexibility index (Phi) is 16.3. The largest absolute Gasteiger partial charge is 0.494 e. The molecule has 0 aliphatic heterocycles. The van der Waals surface area contributed by atoms with Crippen LogP contribution in [-0.2, 0) is 18.7 Å². The predicted octanol–water partition coefficient (Wildman–Crippen LogP) is 9.05. The summed E-state index contributed by atoms with van der Waals surface area (Å²) in [5, 5.41) is 0. The lowest BCUT2D eigenvalue weighted by Crippen LogP contribution is -2.19. The molecule has 0 aromatic heterocycles. The Balaban J connectivity index is 1.33. The van der Waals surface area contributed by atoms with Crippen LogP contribution in [0.3, 0.4) is 0 Å². The van der Waals surface area contributed by atoms with Crippen LogP contribution >= 0.6 is 0 Å². The van der Waals surface area contributed by atoms with Crippen molar-refractivity contribution in [1.29, 1.82) is 0 Å². The van der Waals surface area contributed by atoms with Crippen LogP contribution in [0.4, 0.5) is 0 Å². The number of hydrogen-bond acceptors (Lipinski definition) is 6. The van der Waals surface area contributed by atoms with Crippen LogP contribution in [0.5, 0.6) is 17.2 Å². The van der Waals surface area contributed by atoms with Crippen molar-refractivity contribution in [1.82, 2.24) is 0 Å². The zero-order chi connectivity index (χ0) is 30.5. The summed E-state index contributed by atoms with van der Waals surface area (Å²) in [4.78, 5) is 12.0. The normalized spacial score (nSPS) is 11.3. The molecule has 1 radical (unpaired) electrons. The van der Waals surface area contributed by atoms with E-state index in [0.717, 1.165) is 85.5 Å². The average molecular weight is 604 g/mol. The summed E-state index contributed by atoms with van der Waals surface area (Å²) < 4.78 is 28.0. The van der Waals surface area contributed by atoms with Crippen LogP contribution in [0.1, 0.15) is 63.9 Å². The molecule has 0 amide bonds. The van der Waals surface area contributed by atoms with Gasteiger partial charge in [-0.05, 0) is 91.4 Å². The maximum Gasteiger partial charge on any atom is 0.330 e. The molecule has 3 aromatic rings. The molecule has 7 heteroatoms. The smallest absolute Gasteiger partial charge is 0.330 e. The maximum atomic E-state index is 12.0. The minimum Gasteiger partial charge on any atom is -0.494 e. The van der Waals surface area contributed by atoms with Crippen molar-refractivity contribution >= 4 is 21.1 Å². The van der Waals surface area contributed by atoms with Gasteiger partial charge < -0.3 is 23.4 Å². The number of esters is 1. The molecule has 3 rings (SSSR count). The van der Waals surface area contributed by atoms with Gasteiger partial charge in [0.25, 0.3) is 0 Å².